The van der Waals surface area contributed by atoms with Crippen LogP contribution in [0.1, 0.15) is 44.7 Å². The van der Waals surface area contributed by atoms with Gasteiger partial charge < -0.3 is 50.0 Å². The molecule has 3 heterocycles. The van der Waals surface area contributed by atoms with Crippen molar-refractivity contribution in [2.45, 2.75) is 12.8 Å². The van der Waals surface area contributed by atoms with Gasteiger partial charge in [-0.3, -0.25) is 19.2 Å². The number of aryl methyl sites for hydroxylation is 3. The van der Waals surface area contributed by atoms with Crippen LogP contribution in [-0.4, -0.2) is 95.8 Å². The first-order chi connectivity index (χ1) is 19.3. The molecule has 0 aliphatic rings. The molecule has 0 aliphatic carbocycles. The summed E-state index contributed by atoms with van der Waals surface area (Å²) in [5.41, 5.74) is 0. The summed E-state index contributed by atoms with van der Waals surface area (Å²) in [4.78, 5) is 73.9. The molecule has 4 N–H and O–H groups in total. The molecule has 41 heavy (non-hydrogen) atoms. The highest BCUT2D eigenvalue weighted by molar-refractivity contribution is 6.04. The van der Waals surface area contributed by atoms with E-state index in [1.165, 1.54) is 40.2 Å². The molecule has 220 valence electrons. The van der Waals surface area contributed by atoms with Gasteiger partial charge in [0, 0.05) is 53.0 Å². The van der Waals surface area contributed by atoms with E-state index in [9.17, 15) is 29.3 Å². The maximum Gasteiger partial charge on any atom is 0.382 e. The molecular weight excluding hydrogens is 540 g/mol. The second-order valence-electron chi connectivity index (χ2n) is 9.33. The van der Waals surface area contributed by atoms with Gasteiger partial charge in [-0.05, 0) is 37.0 Å². The van der Waals surface area contributed by atoms with Crippen LogP contribution in [0.4, 0.5) is 17.5 Å². The number of nitrogens with one attached hydrogen (secondary N) is 4. The van der Waals surface area contributed by atoms with E-state index in [-0.39, 0.29) is 48.0 Å². The summed E-state index contributed by atoms with van der Waals surface area (Å²) < 4.78 is 3.97. The number of hydrogen-bond acceptors (Lipinski definition) is 10. The third kappa shape index (κ3) is 8.18. The lowest BCUT2D eigenvalue weighted by molar-refractivity contribution is -0.389. The van der Waals surface area contributed by atoms with Crippen LogP contribution in [0.15, 0.2) is 18.6 Å². The predicted octanol–water partition coefficient (Wildman–Crippen LogP) is -0.512. The number of hydrogen-bond donors (Lipinski definition) is 4. The van der Waals surface area contributed by atoms with Gasteiger partial charge >= 0.3 is 17.5 Å². The van der Waals surface area contributed by atoms with Crippen LogP contribution in [0.2, 0.25) is 0 Å². The summed E-state index contributed by atoms with van der Waals surface area (Å²) in [5, 5.41) is 21.3. The third-order valence-electron chi connectivity index (χ3n) is 5.64. The Bertz CT molecular complexity index is 1450. The van der Waals surface area contributed by atoms with Gasteiger partial charge in [0.1, 0.15) is 6.20 Å². The minimum atomic E-state index is -0.757. The van der Waals surface area contributed by atoms with E-state index in [4.69, 9.17) is 0 Å². The first-order valence-corrected chi connectivity index (χ1v) is 12.4. The quantitative estimate of drug-likeness (QED) is 0.117. The molecule has 0 radical (unpaired) electrons. The molecule has 3 aromatic rings. The van der Waals surface area contributed by atoms with Crippen LogP contribution in [0.5, 0.6) is 0 Å². The molecule has 0 unspecified atom stereocenters. The maximum absolute atomic E-state index is 12.8. The maximum atomic E-state index is 12.8. The molecule has 0 aromatic carbocycles. The highest BCUT2D eigenvalue weighted by Gasteiger charge is 2.25. The smallest absolute Gasteiger partial charge is 0.358 e. The molecule has 0 bridgehead atoms. The van der Waals surface area contributed by atoms with Crippen molar-refractivity contribution < 1.29 is 24.1 Å². The van der Waals surface area contributed by atoms with Crippen LogP contribution in [0.3, 0.4) is 0 Å². The Labute approximate surface area is 234 Å². The van der Waals surface area contributed by atoms with Crippen molar-refractivity contribution in [1.82, 2.24) is 44.2 Å². The van der Waals surface area contributed by atoms with Gasteiger partial charge in [-0.15, -0.1) is 0 Å². The van der Waals surface area contributed by atoms with E-state index in [2.05, 4.69) is 36.2 Å². The number of imidazole rings is 3. The molecule has 0 atom stereocenters. The molecule has 4 amide bonds. The summed E-state index contributed by atoms with van der Waals surface area (Å²) in [7, 11) is 8.43. The standard InChI is InChI=1S/C23H32N12O6/c1-31(2)10-6-8-24-17(36)7-9-25-21(37)18-26-14(11-32(18)3)28-22(38)19-27-15(12-33(19)4)29-23(39)20-30-16(35(40)41)13-34(20)5/h11-13H,6-10H2,1-5H3,(H,24,36)(H,25,37)(H,28,38)(H,29,39). The Morgan fingerprint density at radius 1 is 0.805 bits per heavy atom. The number of nitrogens with zero attached hydrogens (tertiary/aromatic N) is 8. The molecule has 3 rings (SSSR count). The summed E-state index contributed by atoms with van der Waals surface area (Å²) in [6.07, 6.45) is 4.83. The lowest BCUT2D eigenvalue weighted by Gasteiger charge is -2.10. The van der Waals surface area contributed by atoms with Crippen LogP contribution in [-0.2, 0) is 25.9 Å². The van der Waals surface area contributed by atoms with E-state index in [0.29, 0.717) is 6.54 Å². The average molecular weight is 573 g/mol. The number of rotatable bonds is 13. The van der Waals surface area contributed by atoms with Gasteiger partial charge in [0.2, 0.25) is 17.6 Å². The lowest BCUT2D eigenvalue weighted by Crippen LogP contribution is -2.32. The third-order valence-corrected chi connectivity index (χ3v) is 5.64. The predicted molar refractivity (Wildman–Crippen MR) is 145 cm³/mol. The normalized spacial score (nSPS) is 10.9. The first-order valence-electron chi connectivity index (χ1n) is 12.4. The van der Waals surface area contributed by atoms with Crippen molar-refractivity contribution in [3.05, 3.63) is 46.2 Å². The van der Waals surface area contributed by atoms with Crippen LogP contribution < -0.4 is 21.3 Å². The molecule has 18 nitrogen and oxygen atoms in total. The molecule has 18 heteroatoms. The number of anilines is 2. The number of carbonyl (C=O) groups excluding carboxylic acids is 4. The fourth-order valence-corrected chi connectivity index (χ4v) is 3.65. The summed E-state index contributed by atoms with van der Waals surface area (Å²) in [6, 6.07) is 0. The van der Waals surface area contributed by atoms with Crippen molar-refractivity contribution in [2.24, 2.45) is 21.1 Å². The van der Waals surface area contributed by atoms with Crippen LogP contribution in [0, 0.1) is 10.1 Å². The van der Waals surface area contributed by atoms with Gasteiger partial charge in [-0.2, -0.15) is 0 Å². The van der Waals surface area contributed by atoms with Crippen LogP contribution >= 0.6 is 0 Å². The lowest BCUT2D eigenvalue weighted by atomic mass is 10.3. The Hall–Kier alpha value is -5.13. The number of nitro groups is 1. The minimum Gasteiger partial charge on any atom is -0.358 e. The molecule has 0 spiro atoms. The fourth-order valence-electron chi connectivity index (χ4n) is 3.65. The van der Waals surface area contributed by atoms with Gasteiger partial charge in [0.05, 0.1) is 0 Å². The van der Waals surface area contributed by atoms with Gasteiger partial charge in [0.15, 0.2) is 11.6 Å². The van der Waals surface area contributed by atoms with E-state index >= 15 is 0 Å². The second-order valence-corrected chi connectivity index (χ2v) is 9.33. The van der Waals surface area contributed by atoms with Gasteiger partial charge in [-0.1, -0.05) is 0 Å². The van der Waals surface area contributed by atoms with E-state index in [1.807, 2.05) is 19.0 Å². The first kappa shape index (κ1) is 30.4. The van der Waals surface area contributed by atoms with Crippen LogP contribution in [0.25, 0.3) is 0 Å². The Morgan fingerprint density at radius 2 is 1.32 bits per heavy atom. The highest BCUT2D eigenvalue weighted by atomic mass is 16.6. The zero-order chi connectivity index (χ0) is 30.3. The SMILES string of the molecule is CN(C)CCCNC(=O)CCNC(=O)c1nc(NC(=O)c2nc(NC(=O)c3nc([N+](=O)[O-])cn3C)cn2C)cn1C. The summed E-state index contributed by atoms with van der Waals surface area (Å²) in [6.45, 7) is 1.51. The highest BCUT2D eigenvalue weighted by Crippen LogP contribution is 2.14. The number of amides is 4. The zero-order valence-electron chi connectivity index (χ0n) is 23.3. The van der Waals surface area contributed by atoms with Crippen molar-refractivity contribution in [2.75, 3.05) is 44.4 Å². The van der Waals surface area contributed by atoms with Crippen molar-refractivity contribution >= 4 is 41.1 Å². The molecule has 3 aromatic heterocycles. The Morgan fingerprint density at radius 3 is 1.83 bits per heavy atom. The largest absolute Gasteiger partial charge is 0.382 e. The summed E-state index contributed by atoms with van der Waals surface area (Å²) in [5.74, 6) is -2.81. The summed E-state index contributed by atoms with van der Waals surface area (Å²) >= 11 is 0. The zero-order valence-corrected chi connectivity index (χ0v) is 23.3. The second kappa shape index (κ2) is 13.3. The number of carbonyl (C=O) groups is 4. The molecule has 0 aliphatic heterocycles. The topological polar surface area (TPSA) is 216 Å². The van der Waals surface area contributed by atoms with Crippen molar-refractivity contribution in [3.63, 3.8) is 0 Å². The van der Waals surface area contributed by atoms with E-state index in [0.717, 1.165) is 19.2 Å². The Balaban J connectivity index is 1.54. The van der Waals surface area contributed by atoms with E-state index in [1.54, 1.807) is 7.05 Å². The number of aromatic nitrogens is 6. The Kier molecular flexibility index (Phi) is 9.86. The van der Waals surface area contributed by atoms with Gasteiger partial charge in [-0.25, -0.2) is 9.97 Å². The minimum absolute atomic E-state index is 0.0103. The van der Waals surface area contributed by atoms with E-state index < -0.39 is 28.5 Å². The molecular formula is C23H32N12O6. The average Bonchev–Trinajstić information content (AvgIpc) is 3.57. The van der Waals surface area contributed by atoms with Gasteiger partial charge in [0.25, 0.3) is 11.8 Å². The monoisotopic (exact) mass is 572 g/mol. The molecule has 0 saturated carbocycles. The molecule has 0 fully saturated rings. The van der Waals surface area contributed by atoms with Crippen molar-refractivity contribution in [1.29, 1.82) is 0 Å². The fraction of sp³-hybridized carbons (Fsp3) is 0.435. The molecule has 0 saturated heterocycles. The van der Waals surface area contributed by atoms with Crippen molar-refractivity contribution in [3.8, 4) is 0 Å².